The van der Waals surface area contributed by atoms with Gasteiger partial charge in [0.2, 0.25) is 0 Å². The van der Waals surface area contributed by atoms with Crippen LogP contribution in [0, 0.1) is 6.07 Å². The van der Waals surface area contributed by atoms with Crippen molar-refractivity contribution in [3.8, 4) is 39.6 Å². The summed E-state index contributed by atoms with van der Waals surface area (Å²) in [5, 5.41) is 9.17. The second kappa shape index (κ2) is 9.00. The molecule has 3 nitrogen and oxygen atoms in total. The molecule has 0 aliphatic heterocycles. The normalized spacial score (nSPS) is 10.4. The topological polar surface area (TPSA) is 30.7 Å². The van der Waals surface area contributed by atoms with Crippen molar-refractivity contribution < 1.29 is 20.1 Å². The molecule has 0 saturated carbocycles. The molecule has 0 amide bonds. The van der Waals surface area contributed by atoms with Gasteiger partial charge in [0.05, 0.1) is 5.82 Å². The van der Waals surface area contributed by atoms with Crippen molar-refractivity contribution in [2.24, 2.45) is 0 Å². The van der Waals surface area contributed by atoms with Gasteiger partial charge >= 0.3 is 0 Å². The fourth-order valence-corrected chi connectivity index (χ4v) is 3.53. The van der Waals surface area contributed by atoms with Crippen LogP contribution in [0.3, 0.4) is 0 Å². The third-order valence-electron chi connectivity index (χ3n) is 4.88. The molecular formula is C26H18IrN3-. The van der Waals surface area contributed by atoms with E-state index in [1.165, 1.54) is 0 Å². The molecule has 1 aromatic heterocycles. The first-order valence-electron chi connectivity index (χ1n) is 9.54. The molecule has 0 spiro atoms. The minimum Gasteiger partial charge on any atom is -0.316 e. The van der Waals surface area contributed by atoms with Crippen LogP contribution in [0.5, 0.6) is 0 Å². The summed E-state index contributed by atoms with van der Waals surface area (Å²) in [6.45, 7) is 0. The van der Waals surface area contributed by atoms with Crippen molar-refractivity contribution in [3.63, 3.8) is 0 Å². The summed E-state index contributed by atoms with van der Waals surface area (Å²) in [5.74, 6) is 1.58. The zero-order chi connectivity index (χ0) is 19.5. The smallest absolute Gasteiger partial charge is 0.160 e. The number of hydrogen-bond donors (Lipinski definition) is 0. The Kier molecular flexibility index (Phi) is 5.99. The molecule has 4 heteroatoms. The van der Waals surface area contributed by atoms with Crippen LogP contribution in [0.4, 0.5) is 0 Å². The molecule has 0 bridgehead atoms. The summed E-state index contributed by atoms with van der Waals surface area (Å²) in [7, 11) is 0. The summed E-state index contributed by atoms with van der Waals surface area (Å²) in [6.07, 6.45) is 0. The van der Waals surface area contributed by atoms with Gasteiger partial charge in [-0.05, 0) is 23.3 Å². The molecule has 1 heterocycles. The molecular weight excluding hydrogens is 547 g/mol. The summed E-state index contributed by atoms with van der Waals surface area (Å²) < 4.78 is 2.10. The van der Waals surface area contributed by atoms with Crippen molar-refractivity contribution in [3.05, 3.63) is 115 Å². The number of rotatable bonds is 4. The van der Waals surface area contributed by atoms with Crippen molar-refractivity contribution in [2.45, 2.75) is 0 Å². The van der Waals surface area contributed by atoms with Gasteiger partial charge in [-0.3, -0.25) is 0 Å². The van der Waals surface area contributed by atoms with Gasteiger partial charge in [0.25, 0.3) is 0 Å². The number of aromatic nitrogens is 3. The Labute approximate surface area is 189 Å². The maximum absolute atomic E-state index is 4.62. The van der Waals surface area contributed by atoms with E-state index in [-0.39, 0.29) is 20.1 Å². The Morgan fingerprint density at radius 3 is 1.87 bits per heavy atom. The van der Waals surface area contributed by atoms with E-state index in [4.69, 9.17) is 0 Å². The summed E-state index contributed by atoms with van der Waals surface area (Å²) in [6, 6.07) is 40.1. The standard InChI is InChI=1S/C26H18N3.Ir/c1-4-12-20(13-5-1)23-18-10-11-19-24(23)26-28-27-25(21-14-6-2-7-15-21)29(26)22-16-8-3-9-17-22;/h1-14,16-19H;/q-1;. The van der Waals surface area contributed by atoms with E-state index in [1.807, 2.05) is 54.6 Å². The quantitative estimate of drug-likeness (QED) is 0.248. The average molecular weight is 565 g/mol. The first-order chi connectivity index (χ1) is 14.4. The van der Waals surface area contributed by atoms with E-state index in [0.717, 1.165) is 39.6 Å². The van der Waals surface area contributed by atoms with Crippen LogP contribution < -0.4 is 0 Å². The second-order valence-electron chi connectivity index (χ2n) is 6.71. The van der Waals surface area contributed by atoms with Crippen LogP contribution in [0.15, 0.2) is 109 Å². The van der Waals surface area contributed by atoms with Crippen LogP contribution in [-0.4, -0.2) is 14.8 Å². The number of hydrogen-bond acceptors (Lipinski definition) is 2. The molecule has 147 valence electrons. The average Bonchev–Trinajstić information content (AvgIpc) is 3.26. The van der Waals surface area contributed by atoms with Crippen LogP contribution in [0.1, 0.15) is 0 Å². The van der Waals surface area contributed by atoms with Gasteiger partial charge in [0.1, 0.15) is 0 Å². The molecule has 1 radical (unpaired) electrons. The van der Waals surface area contributed by atoms with E-state index in [1.54, 1.807) is 0 Å². The summed E-state index contributed by atoms with van der Waals surface area (Å²) in [5.41, 5.74) is 5.24. The van der Waals surface area contributed by atoms with E-state index in [0.29, 0.717) is 0 Å². The fraction of sp³-hybridized carbons (Fsp3) is 0. The molecule has 0 atom stereocenters. The number of benzene rings is 4. The fourth-order valence-electron chi connectivity index (χ4n) is 3.53. The van der Waals surface area contributed by atoms with Gasteiger partial charge in [-0.25, -0.2) is 0 Å². The van der Waals surface area contributed by atoms with E-state index in [2.05, 4.69) is 75.4 Å². The predicted molar refractivity (Wildman–Crippen MR) is 117 cm³/mol. The van der Waals surface area contributed by atoms with E-state index in [9.17, 15) is 0 Å². The Balaban J connectivity index is 0.00000218. The third kappa shape index (κ3) is 3.75. The van der Waals surface area contributed by atoms with Gasteiger partial charge in [-0.1, -0.05) is 72.8 Å². The van der Waals surface area contributed by atoms with Crippen LogP contribution in [-0.2, 0) is 20.1 Å². The van der Waals surface area contributed by atoms with E-state index < -0.39 is 0 Å². The Morgan fingerprint density at radius 2 is 1.17 bits per heavy atom. The molecule has 5 aromatic rings. The van der Waals surface area contributed by atoms with Gasteiger partial charge in [-0.15, -0.1) is 41.0 Å². The Bertz CT molecular complexity index is 1230. The zero-order valence-electron chi connectivity index (χ0n) is 16.1. The molecule has 0 aliphatic rings. The Hall–Kier alpha value is -3.33. The van der Waals surface area contributed by atoms with Gasteiger partial charge < -0.3 is 4.57 Å². The first kappa shape index (κ1) is 20.0. The van der Waals surface area contributed by atoms with Crippen molar-refractivity contribution in [1.82, 2.24) is 14.8 Å². The summed E-state index contributed by atoms with van der Waals surface area (Å²) in [4.78, 5) is 0. The van der Waals surface area contributed by atoms with Gasteiger partial charge in [-0.2, -0.15) is 5.10 Å². The van der Waals surface area contributed by atoms with Crippen molar-refractivity contribution >= 4 is 0 Å². The maximum Gasteiger partial charge on any atom is 0.160 e. The number of para-hydroxylation sites is 1. The van der Waals surface area contributed by atoms with Crippen LogP contribution in [0.2, 0.25) is 0 Å². The minimum atomic E-state index is 0. The first-order valence-corrected chi connectivity index (χ1v) is 9.54. The molecule has 0 aliphatic carbocycles. The molecule has 0 saturated heterocycles. The maximum atomic E-state index is 4.62. The van der Waals surface area contributed by atoms with E-state index >= 15 is 0 Å². The van der Waals surface area contributed by atoms with Gasteiger partial charge in [0.15, 0.2) is 5.82 Å². The van der Waals surface area contributed by atoms with Crippen molar-refractivity contribution in [1.29, 1.82) is 0 Å². The molecule has 0 N–H and O–H groups in total. The monoisotopic (exact) mass is 565 g/mol. The van der Waals surface area contributed by atoms with Gasteiger partial charge in [0, 0.05) is 31.4 Å². The molecule has 30 heavy (non-hydrogen) atoms. The molecule has 4 aromatic carbocycles. The largest absolute Gasteiger partial charge is 0.316 e. The SMILES string of the molecule is [Ir].[c-]1ccccc1-c1nnc(-c2ccccc2-c2ccccc2)n1-c1ccccc1. The van der Waals surface area contributed by atoms with Crippen LogP contribution >= 0.6 is 0 Å². The zero-order valence-corrected chi connectivity index (χ0v) is 18.5. The van der Waals surface area contributed by atoms with Crippen LogP contribution in [0.25, 0.3) is 39.6 Å². The predicted octanol–water partition coefficient (Wildman–Crippen LogP) is 6.07. The minimum absolute atomic E-state index is 0. The Morgan fingerprint density at radius 1 is 0.567 bits per heavy atom. The number of nitrogens with zero attached hydrogens (tertiary/aromatic N) is 3. The molecule has 0 fully saturated rings. The molecule has 0 unspecified atom stereocenters. The second-order valence-corrected chi connectivity index (χ2v) is 6.71. The third-order valence-corrected chi connectivity index (χ3v) is 4.88. The van der Waals surface area contributed by atoms with Crippen molar-refractivity contribution in [2.75, 3.05) is 0 Å². The molecule has 5 rings (SSSR count). The summed E-state index contributed by atoms with van der Waals surface area (Å²) >= 11 is 0.